The Morgan fingerprint density at radius 3 is 1.20 bits per heavy atom. The molecule has 6 bridgehead atoms. The minimum Gasteiger partial charge on any atom is -0.447 e. The summed E-state index contributed by atoms with van der Waals surface area (Å²) < 4.78 is 35.6. The smallest absolute Gasteiger partial charge is 0.447 e. The topological polar surface area (TPSA) is 261 Å². The largest absolute Gasteiger partial charge is 0.482 e. The Balaban J connectivity index is 0.000000188. The number of aryl methyl sites for hydroxylation is 3. The lowest BCUT2D eigenvalue weighted by molar-refractivity contribution is -0.132. The fraction of sp³-hybridized carbons (Fsp3) is 0.592. The van der Waals surface area contributed by atoms with Crippen LogP contribution in [-0.2, 0) is 61.7 Å². The summed E-state index contributed by atoms with van der Waals surface area (Å²) in [5.74, 6) is -1.54. The van der Waals surface area contributed by atoms with Gasteiger partial charge in [0.2, 0.25) is 17.7 Å². The zero-order chi connectivity index (χ0) is 68.3. The van der Waals surface area contributed by atoms with Gasteiger partial charge in [-0.2, -0.15) is 0 Å². The summed E-state index contributed by atoms with van der Waals surface area (Å²) in [4.78, 5) is 66.9. The lowest BCUT2D eigenvalue weighted by Crippen LogP contribution is -2.51. The van der Waals surface area contributed by atoms with Gasteiger partial charge in [0.1, 0.15) is 13.2 Å². The van der Waals surface area contributed by atoms with Gasteiger partial charge >= 0.3 is 33.5 Å². The number of amides is 5. The van der Waals surface area contributed by atoms with Crippen LogP contribution in [0.25, 0.3) is 0 Å². The Bertz CT molecular complexity index is 3020. The summed E-state index contributed by atoms with van der Waals surface area (Å²) in [6.45, 7) is 27.3. The molecule has 0 aromatic heterocycles. The molecule has 5 amide bonds. The predicted octanol–water partition coefficient (Wildman–Crippen LogP) is 9.18. The first kappa shape index (κ1) is 76.4. The summed E-state index contributed by atoms with van der Waals surface area (Å²) in [6.07, 6.45) is 17.9. The first-order chi connectivity index (χ1) is 44.6. The standard InChI is InChI=1S/C26H37BN2O5.C20H27BN2O5.C15H24BNO2.C10H15NO2.ClH/c1-6-22(30)29-20-14-16-26(29,17-15-20)18-32-23(31)28-21(13-12-19-10-8-7-9-11-19)27-33-24(2,3)25(4,5)34-27;1-2-18(24)23-16-10-12-20(23,13-11-16)14-28-19(25)22-17(21(26)27)9-8-15-6-4-3-5-7-15;1-14(2)15(3,4)19-16(18-14)13(17)11-10-12-8-6-5-7-9-12;1-2-9(13)11-8-3-5-10(11,7-12)6-4-8;/h6-11,20-21H,1,12-18H2,2-5H3,(H,28,31);2-7,16-17,26-27H,1,8-14H2,(H,22,25);5-9,13H,10-11,17H2,1-4H3;2,8,12H,1,3-7H2;1H/t20?,21-,26?;16?,17-,20?;13-;;/m000../s1. The van der Waals surface area contributed by atoms with E-state index in [9.17, 15) is 39.1 Å². The van der Waals surface area contributed by atoms with Crippen LogP contribution in [0.3, 0.4) is 0 Å². The minimum atomic E-state index is -1.68. The first-order valence-electron chi connectivity index (χ1n) is 33.9. The molecule has 8 aliphatic heterocycles. The summed E-state index contributed by atoms with van der Waals surface area (Å²) in [7, 11) is -2.58. The van der Waals surface area contributed by atoms with E-state index in [1.165, 1.54) is 29.4 Å². The van der Waals surface area contributed by atoms with E-state index in [2.05, 4.69) is 94.5 Å². The molecule has 0 unspecified atom stereocenters. The highest BCUT2D eigenvalue weighted by Crippen LogP contribution is 2.49. The van der Waals surface area contributed by atoms with Crippen molar-refractivity contribution in [1.82, 2.24) is 25.3 Å². The van der Waals surface area contributed by atoms with Crippen molar-refractivity contribution in [2.75, 3.05) is 19.8 Å². The van der Waals surface area contributed by atoms with Crippen LogP contribution in [0.5, 0.6) is 0 Å². The number of benzene rings is 3. The van der Waals surface area contributed by atoms with Gasteiger partial charge in [-0.3, -0.25) is 14.4 Å². The number of fused-ring (bicyclic) bond motifs is 6. The number of nitrogens with two attached hydrogens (primary N) is 1. The molecule has 3 aromatic carbocycles. The van der Waals surface area contributed by atoms with Crippen molar-refractivity contribution < 1.29 is 67.2 Å². The molecular weight excluding hydrogens is 1230 g/mol. The van der Waals surface area contributed by atoms with Crippen molar-refractivity contribution in [3.8, 4) is 0 Å². The van der Waals surface area contributed by atoms with Crippen molar-refractivity contribution in [3.63, 3.8) is 0 Å². The van der Waals surface area contributed by atoms with Crippen molar-refractivity contribution in [2.24, 2.45) is 5.73 Å². The molecule has 11 rings (SSSR count). The molecule has 0 radical (unpaired) electrons. The second kappa shape index (κ2) is 32.6. The maximum absolute atomic E-state index is 13.0. The molecule has 7 N–H and O–H groups in total. The number of carbonyl (C=O) groups is 5. The highest BCUT2D eigenvalue weighted by Gasteiger charge is 2.58. The molecule has 0 aliphatic carbocycles. The van der Waals surface area contributed by atoms with Crippen LogP contribution >= 0.6 is 12.4 Å². The molecule has 3 atom stereocenters. The van der Waals surface area contributed by atoms with Crippen molar-refractivity contribution >= 4 is 63.7 Å². The lowest BCUT2D eigenvalue weighted by Gasteiger charge is -2.34. The Morgan fingerprint density at radius 2 is 0.853 bits per heavy atom. The van der Waals surface area contributed by atoms with Gasteiger partial charge in [0.25, 0.3) is 0 Å². The van der Waals surface area contributed by atoms with E-state index in [-0.39, 0.29) is 97.8 Å². The number of nitrogens with one attached hydrogen (secondary N) is 2. The Morgan fingerprint density at radius 1 is 0.537 bits per heavy atom. The first-order valence-corrected chi connectivity index (χ1v) is 33.9. The van der Waals surface area contributed by atoms with E-state index in [4.69, 9.17) is 33.8 Å². The summed E-state index contributed by atoms with van der Waals surface area (Å²) >= 11 is 0. The lowest BCUT2D eigenvalue weighted by atomic mass is 9.75. The summed E-state index contributed by atoms with van der Waals surface area (Å²) in [5, 5.41) is 34.1. The average Bonchev–Trinajstić information content (AvgIpc) is 1.62. The monoisotopic (exact) mass is 1330 g/mol. The second-order valence-corrected chi connectivity index (χ2v) is 28.8. The molecule has 95 heavy (non-hydrogen) atoms. The molecule has 0 saturated carbocycles. The summed E-state index contributed by atoms with van der Waals surface area (Å²) in [5.41, 5.74) is 7.01. The van der Waals surface area contributed by atoms with E-state index in [0.717, 1.165) is 102 Å². The van der Waals surface area contributed by atoms with E-state index < -0.39 is 54.6 Å². The van der Waals surface area contributed by atoms with Gasteiger partial charge in [-0.25, -0.2) is 9.59 Å². The molecular formula is C71H104B3ClN6O14. The minimum absolute atomic E-state index is 0. The number of hydrogen-bond acceptors (Lipinski definition) is 15. The quantitative estimate of drug-likeness (QED) is 0.0405. The van der Waals surface area contributed by atoms with Crippen molar-refractivity contribution in [1.29, 1.82) is 0 Å². The molecule has 8 heterocycles. The number of aliphatic hydroxyl groups is 1. The maximum Gasteiger partial charge on any atom is 0.482 e. The maximum atomic E-state index is 13.0. The van der Waals surface area contributed by atoms with Gasteiger partial charge in [0.15, 0.2) is 0 Å². The van der Waals surface area contributed by atoms with Gasteiger partial charge in [-0.05, 0) is 206 Å². The van der Waals surface area contributed by atoms with Crippen LogP contribution in [0.4, 0.5) is 9.59 Å². The van der Waals surface area contributed by atoms with Crippen LogP contribution in [0.1, 0.15) is 168 Å². The molecule has 518 valence electrons. The third kappa shape index (κ3) is 18.0. The van der Waals surface area contributed by atoms with Gasteiger partial charge in [0.05, 0.1) is 57.5 Å². The number of nitrogens with zero attached hydrogens (tertiary/aromatic N) is 3. The van der Waals surface area contributed by atoms with E-state index in [0.29, 0.717) is 25.3 Å². The van der Waals surface area contributed by atoms with E-state index >= 15 is 0 Å². The number of halogens is 1. The molecule has 0 spiro atoms. The van der Waals surface area contributed by atoms with Gasteiger partial charge in [-0.15, -0.1) is 12.4 Å². The van der Waals surface area contributed by atoms with Crippen molar-refractivity contribution in [2.45, 2.75) is 246 Å². The highest BCUT2D eigenvalue weighted by molar-refractivity contribution is 6.48. The predicted molar refractivity (Wildman–Crippen MR) is 372 cm³/mol. The molecule has 8 fully saturated rings. The zero-order valence-electron chi connectivity index (χ0n) is 57.2. The molecule has 3 aromatic rings. The Hall–Kier alpha value is -6.01. The van der Waals surface area contributed by atoms with Crippen LogP contribution in [0, 0.1) is 0 Å². The number of alkyl carbamates (subject to hydrolysis) is 2. The second-order valence-electron chi connectivity index (χ2n) is 28.8. The van der Waals surface area contributed by atoms with Gasteiger partial charge in [0, 0.05) is 24.1 Å². The van der Waals surface area contributed by atoms with Crippen LogP contribution in [-0.4, -0.2) is 176 Å². The highest BCUT2D eigenvalue weighted by atomic mass is 35.5. The normalized spacial score (nSPS) is 26.4. The summed E-state index contributed by atoms with van der Waals surface area (Å²) in [6, 6.07) is 30.9. The number of rotatable bonds is 22. The molecule has 24 heteroatoms. The molecule has 8 aliphatic rings. The van der Waals surface area contributed by atoms with Gasteiger partial charge < -0.3 is 74.3 Å². The van der Waals surface area contributed by atoms with Crippen LogP contribution in [0.15, 0.2) is 129 Å². The number of aliphatic hydroxyl groups excluding tert-OH is 1. The number of carbonyl (C=O) groups excluding carboxylic acids is 5. The SMILES string of the molecule is C=CC(=O)N1C2CCC1(CO)CC2.C=CC(=O)N1C2CCC1(COC(=O)N[C@@H](CCc1ccccc1)B(O)O)CC2.C=CC(=O)N1C2CCC1(COC(=O)N[C@@H](CCc1ccccc1)B1OC(C)(C)C(C)(C)O1)CC2.CC1(C)OB([C@@H](N)CCc2ccccc2)OC1(C)C.Cl. The number of hydrogen-bond donors (Lipinski definition) is 6. The van der Waals surface area contributed by atoms with Crippen molar-refractivity contribution in [3.05, 3.63) is 146 Å². The third-order valence-electron chi connectivity index (χ3n) is 21.7. The third-order valence-corrected chi connectivity index (χ3v) is 21.7. The molecule has 8 saturated heterocycles. The average molecular weight is 1330 g/mol. The number of ether oxygens (including phenoxy) is 2. The fourth-order valence-corrected chi connectivity index (χ4v) is 14.8. The van der Waals surface area contributed by atoms with E-state index in [1.54, 1.807) is 4.90 Å². The van der Waals surface area contributed by atoms with Crippen LogP contribution in [0.2, 0.25) is 0 Å². The van der Waals surface area contributed by atoms with Crippen LogP contribution < -0.4 is 16.4 Å². The van der Waals surface area contributed by atoms with E-state index in [1.807, 2.05) is 92.1 Å². The zero-order valence-corrected chi connectivity index (χ0v) is 58.0. The molecule has 20 nitrogen and oxygen atoms in total. The fourth-order valence-electron chi connectivity index (χ4n) is 14.8. The Kier molecular flexibility index (Phi) is 26.2. The van der Waals surface area contributed by atoms with Gasteiger partial charge in [-0.1, -0.05) is 111 Å². The Labute approximate surface area is 570 Å².